The average molecular weight is 565 g/mol. The van der Waals surface area contributed by atoms with Crippen molar-refractivity contribution in [1.82, 2.24) is 10.2 Å². The van der Waals surface area contributed by atoms with E-state index in [4.69, 9.17) is 19.2 Å². The highest BCUT2D eigenvalue weighted by atomic mass is 127. The number of benzene rings is 1. The van der Waals surface area contributed by atoms with E-state index in [-0.39, 0.29) is 30.1 Å². The van der Waals surface area contributed by atoms with Crippen molar-refractivity contribution in [2.45, 2.75) is 53.1 Å². The minimum Gasteiger partial charge on any atom is -0.491 e. The molecule has 0 amide bonds. The van der Waals surface area contributed by atoms with Gasteiger partial charge in [0.25, 0.3) is 0 Å². The molecule has 0 radical (unpaired) electrons. The molecule has 0 saturated heterocycles. The van der Waals surface area contributed by atoms with Gasteiger partial charge in [-0.05, 0) is 77.0 Å². The molecular weight excluding hydrogens is 519 g/mol. The Morgan fingerprint density at radius 2 is 1.72 bits per heavy atom. The van der Waals surface area contributed by atoms with Crippen molar-refractivity contribution >= 4 is 35.6 Å². The summed E-state index contributed by atoms with van der Waals surface area (Å²) >= 11 is 0. The van der Waals surface area contributed by atoms with Crippen LogP contribution in [0.25, 0.3) is 0 Å². The van der Waals surface area contributed by atoms with Crippen molar-refractivity contribution in [3.63, 3.8) is 0 Å². The normalized spacial score (nSPS) is 11.5. The third kappa shape index (κ3) is 15.7. The molecule has 0 aliphatic carbocycles. The van der Waals surface area contributed by atoms with Gasteiger partial charge in [0.2, 0.25) is 0 Å². The number of hydrogen-bond donors (Lipinski definition) is 2. The van der Waals surface area contributed by atoms with Gasteiger partial charge in [-0.15, -0.1) is 24.0 Å². The van der Waals surface area contributed by atoms with Gasteiger partial charge in [-0.1, -0.05) is 13.8 Å². The fourth-order valence-corrected chi connectivity index (χ4v) is 2.97. The SMILES string of the molecule is CCN(CC)CCCCNC(=NCCCOCCOC)Nc1ccc(OC(C)C)cc1.I. The molecule has 1 aromatic carbocycles. The van der Waals surface area contributed by atoms with E-state index < -0.39 is 0 Å². The standard InChI is InChI=1S/C24H44N4O3.HI/c1-6-28(7-2)17-9-8-15-25-24(26-16-10-18-30-20-19-29-5)27-22-11-13-23(14-12-22)31-21(3)4;/h11-14,21H,6-10,15-20H2,1-5H3,(H2,25,26,27);1H. The lowest BCUT2D eigenvalue weighted by Gasteiger charge is -2.18. The molecule has 1 rings (SSSR count). The fraction of sp³-hybridized carbons (Fsp3) is 0.708. The molecule has 0 saturated carbocycles. The van der Waals surface area contributed by atoms with Crippen LogP contribution in [0, 0.1) is 0 Å². The Morgan fingerprint density at radius 1 is 1.00 bits per heavy atom. The average Bonchev–Trinajstić information content (AvgIpc) is 2.76. The van der Waals surface area contributed by atoms with Crippen LogP contribution in [0.15, 0.2) is 29.3 Å². The maximum atomic E-state index is 5.72. The van der Waals surface area contributed by atoms with Crippen molar-refractivity contribution in [2.24, 2.45) is 4.99 Å². The van der Waals surface area contributed by atoms with E-state index in [1.807, 2.05) is 38.1 Å². The number of anilines is 1. The summed E-state index contributed by atoms with van der Waals surface area (Å²) in [5.41, 5.74) is 0.988. The van der Waals surface area contributed by atoms with E-state index in [2.05, 4.69) is 29.4 Å². The minimum atomic E-state index is 0. The molecule has 0 aromatic heterocycles. The van der Waals surface area contributed by atoms with Crippen LogP contribution < -0.4 is 15.4 Å². The second-order valence-corrected chi connectivity index (χ2v) is 7.67. The number of rotatable bonds is 17. The molecule has 0 bridgehead atoms. The Kier molecular flexibility index (Phi) is 19.8. The van der Waals surface area contributed by atoms with Crippen LogP contribution in [-0.4, -0.2) is 76.6 Å². The number of aliphatic imine (C=N–C) groups is 1. The number of methoxy groups -OCH3 is 1. The predicted molar refractivity (Wildman–Crippen MR) is 146 cm³/mol. The van der Waals surface area contributed by atoms with Crippen LogP contribution in [0.5, 0.6) is 5.75 Å². The Morgan fingerprint density at radius 3 is 2.34 bits per heavy atom. The Balaban J connectivity index is 0.00000961. The largest absolute Gasteiger partial charge is 0.491 e. The number of unbranched alkanes of at least 4 members (excludes halogenated alkanes) is 1. The highest BCUT2D eigenvalue weighted by molar-refractivity contribution is 14.0. The maximum absolute atomic E-state index is 5.72. The smallest absolute Gasteiger partial charge is 0.195 e. The Hall–Kier alpha value is -1.10. The summed E-state index contributed by atoms with van der Waals surface area (Å²) in [6.07, 6.45) is 3.33. The van der Waals surface area contributed by atoms with Crippen molar-refractivity contribution in [3.05, 3.63) is 24.3 Å². The van der Waals surface area contributed by atoms with E-state index in [1.54, 1.807) is 7.11 Å². The topological polar surface area (TPSA) is 67.4 Å². The second-order valence-electron chi connectivity index (χ2n) is 7.67. The van der Waals surface area contributed by atoms with Gasteiger partial charge in [-0.2, -0.15) is 0 Å². The predicted octanol–water partition coefficient (Wildman–Crippen LogP) is 4.62. The summed E-state index contributed by atoms with van der Waals surface area (Å²) in [5, 5.41) is 6.87. The third-order valence-corrected chi connectivity index (χ3v) is 4.73. The van der Waals surface area contributed by atoms with E-state index in [9.17, 15) is 0 Å². The van der Waals surface area contributed by atoms with Gasteiger partial charge >= 0.3 is 0 Å². The number of nitrogens with one attached hydrogen (secondary N) is 2. The van der Waals surface area contributed by atoms with Gasteiger partial charge < -0.3 is 29.7 Å². The highest BCUT2D eigenvalue weighted by Gasteiger charge is 2.03. The summed E-state index contributed by atoms with van der Waals surface area (Å²) in [5.74, 6) is 1.67. The van der Waals surface area contributed by atoms with Gasteiger partial charge in [0.05, 0.1) is 19.3 Å². The number of guanidine groups is 1. The first kappa shape index (κ1) is 30.9. The number of hydrogen-bond acceptors (Lipinski definition) is 5. The highest BCUT2D eigenvalue weighted by Crippen LogP contribution is 2.16. The molecule has 2 N–H and O–H groups in total. The van der Waals surface area contributed by atoms with E-state index in [0.29, 0.717) is 26.4 Å². The maximum Gasteiger partial charge on any atom is 0.195 e. The van der Waals surface area contributed by atoms with Crippen molar-refractivity contribution in [3.8, 4) is 5.75 Å². The number of halogens is 1. The van der Waals surface area contributed by atoms with Gasteiger partial charge in [0.1, 0.15) is 5.75 Å². The van der Waals surface area contributed by atoms with Crippen LogP contribution in [0.4, 0.5) is 5.69 Å². The van der Waals surface area contributed by atoms with Gasteiger partial charge in [0.15, 0.2) is 5.96 Å². The van der Waals surface area contributed by atoms with Crippen molar-refractivity contribution in [1.29, 1.82) is 0 Å². The van der Waals surface area contributed by atoms with Crippen LogP contribution in [0.3, 0.4) is 0 Å². The van der Waals surface area contributed by atoms with Gasteiger partial charge in [0, 0.05) is 32.5 Å². The number of ether oxygens (including phenoxy) is 3. The molecule has 0 heterocycles. The molecule has 0 spiro atoms. The molecule has 1 aromatic rings. The first-order chi connectivity index (χ1) is 15.1. The molecule has 32 heavy (non-hydrogen) atoms. The van der Waals surface area contributed by atoms with Crippen LogP contribution >= 0.6 is 24.0 Å². The van der Waals surface area contributed by atoms with E-state index in [0.717, 1.165) is 56.4 Å². The summed E-state index contributed by atoms with van der Waals surface area (Å²) in [6, 6.07) is 7.99. The Bertz CT molecular complexity index is 581. The minimum absolute atomic E-state index is 0. The summed E-state index contributed by atoms with van der Waals surface area (Å²) in [6.45, 7) is 15.4. The molecule has 7 nitrogen and oxygen atoms in total. The lowest BCUT2D eigenvalue weighted by molar-refractivity contribution is 0.0702. The van der Waals surface area contributed by atoms with Crippen molar-refractivity contribution in [2.75, 3.05) is 65.0 Å². The zero-order chi connectivity index (χ0) is 22.7. The molecule has 0 atom stereocenters. The zero-order valence-corrected chi connectivity index (χ0v) is 23.0. The quantitative estimate of drug-likeness (QED) is 0.125. The molecular formula is C24H45IN4O3. The molecule has 0 unspecified atom stereocenters. The van der Waals surface area contributed by atoms with Gasteiger partial charge in [-0.3, -0.25) is 4.99 Å². The summed E-state index contributed by atoms with van der Waals surface area (Å²) in [7, 11) is 1.68. The fourth-order valence-electron chi connectivity index (χ4n) is 2.97. The van der Waals surface area contributed by atoms with E-state index in [1.165, 1.54) is 6.42 Å². The van der Waals surface area contributed by atoms with Crippen molar-refractivity contribution < 1.29 is 14.2 Å². The zero-order valence-electron chi connectivity index (χ0n) is 20.7. The van der Waals surface area contributed by atoms with Crippen LogP contribution in [-0.2, 0) is 9.47 Å². The monoisotopic (exact) mass is 564 g/mol. The summed E-state index contributed by atoms with van der Waals surface area (Å²) < 4.78 is 16.2. The van der Waals surface area contributed by atoms with Crippen LogP contribution in [0.1, 0.15) is 47.0 Å². The van der Waals surface area contributed by atoms with E-state index >= 15 is 0 Å². The summed E-state index contributed by atoms with van der Waals surface area (Å²) in [4.78, 5) is 7.17. The third-order valence-electron chi connectivity index (χ3n) is 4.73. The second kappa shape index (κ2) is 20.5. The lowest BCUT2D eigenvalue weighted by atomic mass is 10.3. The first-order valence-electron chi connectivity index (χ1n) is 11.7. The number of nitrogens with zero attached hydrogens (tertiary/aromatic N) is 2. The molecule has 0 aliphatic heterocycles. The molecule has 0 aliphatic rings. The first-order valence-corrected chi connectivity index (χ1v) is 11.7. The lowest BCUT2D eigenvalue weighted by Crippen LogP contribution is -2.32. The van der Waals surface area contributed by atoms with Crippen LogP contribution in [0.2, 0.25) is 0 Å². The Labute approximate surface area is 212 Å². The van der Waals surface area contributed by atoms with Gasteiger partial charge in [-0.25, -0.2) is 0 Å². The molecule has 8 heteroatoms. The molecule has 0 fully saturated rings. The molecule has 186 valence electrons.